The van der Waals surface area contributed by atoms with Gasteiger partial charge in [-0.25, -0.2) is 4.98 Å². The molecule has 1 fully saturated rings. The van der Waals surface area contributed by atoms with E-state index in [1.165, 1.54) is 6.20 Å². The molecule has 0 aliphatic carbocycles. The zero-order valence-corrected chi connectivity index (χ0v) is 20.1. The van der Waals surface area contributed by atoms with Gasteiger partial charge in [0.2, 0.25) is 5.95 Å². The van der Waals surface area contributed by atoms with Crippen LogP contribution in [-0.2, 0) is 13.0 Å². The summed E-state index contributed by atoms with van der Waals surface area (Å²) in [6, 6.07) is 17.0. The number of hydrogen-bond acceptors (Lipinski definition) is 4. The number of nitrogens with zero attached hydrogens (tertiary/aromatic N) is 2. The monoisotopic (exact) mass is 481 g/mol. The van der Waals surface area contributed by atoms with Gasteiger partial charge in [-0.2, -0.15) is 4.39 Å². The normalized spacial score (nSPS) is 18.6. The van der Waals surface area contributed by atoms with Crippen molar-refractivity contribution >= 4 is 17.5 Å². The minimum Gasteiger partial charge on any atom is -0.387 e. The number of carbonyl (C=O) groups is 1. The molecule has 5 nitrogen and oxygen atoms in total. The fourth-order valence-electron chi connectivity index (χ4n) is 4.49. The smallest absolute Gasteiger partial charge is 0.253 e. The highest BCUT2D eigenvalue weighted by Crippen LogP contribution is 2.27. The van der Waals surface area contributed by atoms with Crippen LogP contribution in [0.15, 0.2) is 60.8 Å². The van der Waals surface area contributed by atoms with E-state index in [1.807, 2.05) is 36.4 Å². The molecular weight excluding hydrogens is 453 g/mol. The number of amides is 1. The SMILES string of the molecule is Cc1cc(CN(C)C(=O)c2ccc(C[C@@H]3CC[C@H]([C@H](O)c4ccc(Cl)cc4)N3)cc2)cnc1F. The van der Waals surface area contributed by atoms with E-state index in [4.69, 9.17) is 11.6 Å². The van der Waals surface area contributed by atoms with E-state index < -0.39 is 12.1 Å². The number of benzene rings is 2. The number of hydrogen-bond donors (Lipinski definition) is 2. The highest BCUT2D eigenvalue weighted by atomic mass is 35.5. The van der Waals surface area contributed by atoms with Crippen molar-refractivity contribution in [3.8, 4) is 0 Å². The van der Waals surface area contributed by atoms with E-state index in [0.29, 0.717) is 22.7 Å². The van der Waals surface area contributed by atoms with Gasteiger partial charge in [0.25, 0.3) is 5.91 Å². The largest absolute Gasteiger partial charge is 0.387 e. The Kier molecular flexibility index (Phi) is 7.61. The van der Waals surface area contributed by atoms with Crippen LogP contribution in [0.1, 0.15) is 51.6 Å². The standard InChI is InChI=1S/C27H29ClFN3O2/c1-17-13-19(15-30-26(17)29)16-32(2)27(34)21-5-3-18(4-6-21)14-23-11-12-24(31-23)25(33)20-7-9-22(28)10-8-20/h3-10,13,15,23-25,31,33H,11-12,14,16H2,1-2H3/t23-,24+,25+/m0/s1. The Balaban J connectivity index is 1.31. The van der Waals surface area contributed by atoms with Gasteiger partial charge in [0.15, 0.2) is 0 Å². The maximum absolute atomic E-state index is 13.4. The summed E-state index contributed by atoms with van der Waals surface area (Å²) in [5.41, 5.74) is 3.85. The van der Waals surface area contributed by atoms with Crippen molar-refractivity contribution in [3.05, 3.63) is 99.6 Å². The summed E-state index contributed by atoms with van der Waals surface area (Å²) < 4.78 is 13.4. The minimum atomic E-state index is -0.571. The van der Waals surface area contributed by atoms with Crippen LogP contribution in [0.3, 0.4) is 0 Å². The third-order valence-electron chi connectivity index (χ3n) is 6.39. The van der Waals surface area contributed by atoms with Crippen LogP contribution in [0.25, 0.3) is 0 Å². The molecule has 3 aromatic rings. The summed E-state index contributed by atoms with van der Waals surface area (Å²) in [6.07, 6.45) is 3.59. The molecule has 0 saturated carbocycles. The first-order valence-electron chi connectivity index (χ1n) is 11.4. The van der Waals surface area contributed by atoms with Crippen molar-refractivity contribution in [2.75, 3.05) is 7.05 Å². The van der Waals surface area contributed by atoms with Crippen LogP contribution >= 0.6 is 11.6 Å². The summed E-state index contributed by atoms with van der Waals surface area (Å²) in [5, 5.41) is 14.9. The lowest BCUT2D eigenvalue weighted by Gasteiger charge is -2.21. The molecule has 1 saturated heterocycles. The van der Waals surface area contributed by atoms with Crippen molar-refractivity contribution in [1.82, 2.24) is 15.2 Å². The molecule has 2 N–H and O–H groups in total. The number of carbonyl (C=O) groups excluding carboxylic acids is 1. The van der Waals surface area contributed by atoms with Gasteiger partial charge in [0.05, 0.1) is 6.10 Å². The first-order valence-corrected chi connectivity index (χ1v) is 11.8. The molecule has 2 heterocycles. The van der Waals surface area contributed by atoms with Gasteiger partial charge in [0.1, 0.15) is 0 Å². The Morgan fingerprint density at radius 1 is 1.18 bits per heavy atom. The molecule has 3 atom stereocenters. The van der Waals surface area contributed by atoms with Gasteiger partial charge < -0.3 is 15.3 Å². The Hall–Kier alpha value is -2.80. The maximum atomic E-state index is 13.4. The summed E-state index contributed by atoms with van der Waals surface area (Å²) >= 11 is 5.95. The average Bonchev–Trinajstić information content (AvgIpc) is 3.30. The fraction of sp³-hybridized carbons (Fsp3) is 0.333. The molecule has 4 rings (SSSR count). The molecule has 1 aliphatic heterocycles. The fourth-order valence-corrected chi connectivity index (χ4v) is 4.62. The van der Waals surface area contributed by atoms with Crippen molar-refractivity contribution in [2.45, 2.75) is 50.9 Å². The molecule has 0 unspecified atom stereocenters. The topological polar surface area (TPSA) is 65.5 Å². The molecule has 7 heteroatoms. The van der Waals surface area contributed by atoms with E-state index in [2.05, 4.69) is 10.3 Å². The van der Waals surface area contributed by atoms with Gasteiger partial charge >= 0.3 is 0 Å². The predicted molar refractivity (Wildman–Crippen MR) is 131 cm³/mol. The van der Waals surface area contributed by atoms with Crippen LogP contribution in [0.4, 0.5) is 4.39 Å². The molecule has 0 spiro atoms. The molecular formula is C27H29ClFN3O2. The predicted octanol–water partition coefficient (Wildman–Crippen LogP) is 4.85. The van der Waals surface area contributed by atoms with Gasteiger partial charge in [0, 0.05) is 48.0 Å². The lowest BCUT2D eigenvalue weighted by molar-refractivity contribution is 0.0785. The number of rotatable bonds is 7. The van der Waals surface area contributed by atoms with E-state index in [1.54, 1.807) is 37.1 Å². The van der Waals surface area contributed by atoms with Gasteiger partial charge in [-0.05, 0) is 73.2 Å². The Bertz CT molecular complexity index is 1140. The van der Waals surface area contributed by atoms with Crippen LogP contribution < -0.4 is 5.32 Å². The van der Waals surface area contributed by atoms with Gasteiger partial charge in [-0.15, -0.1) is 0 Å². The van der Waals surface area contributed by atoms with Crippen LogP contribution in [0, 0.1) is 12.9 Å². The van der Waals surface area contributed by atoms with Crippen molar-refractivity contribution in [2.24, 2.45) is 0 Å². The summed E-state index contributed by atoms with van der Waals surface area (Å²) in [4.78, 5) is 18.1. The van der Waals surface area contributed by atoms with E-state index in [0.717, 1.165) is 36.0 Å². The van der Waals surface area contributed by atoms with E-state index in [-0.39, 0.29) is 18.0 Å². The Labute approximate surface area is 204 Å². The van der Waals surface area contributed by atoms with E-state index >= 15 is 0 Å². The van der Waals surface area contributed by atoms with Crippen LogP contribution in [0.2, 0.25) is 5.02 Å². The number of aromatic nitrogens is 1. The highest BCUT2D eigenvalue weighted by Gasteiger charge is 2.30. The molecule has 1 aromatic heterocycles. The second-order valence-electron chi connectivity index (χ2n) is 9.06. The number of halogens is 2. The third-order valence-corrected chi connectivity index (χ3v) is 6.64. The Morgan fingerprint density at radius 3 is 2.56 bits per heavy atom. The summed E-state index contributed by atoms with van der Waals surface area (Å²) in [5.74, 6) is -0.588. The number of nitrogens with one attached hydrogen (secondary N) is 1. The first-order chi connectivity index (χ1) is 16.3. The van der Waals surface area contributed by atoms with Crippen LogP contribution in [-0.4, -0.2) is 40.0 Å². The first kappa shape index (κ1) is 24.3. The van der Waals surface area contributed by atoms with Gasteiger partial charge in [-0.3, -0.25) is 4.79 Å². The highest BCUT2D eigenvalue weighted by molar-refractivity contribution is 6.30. The Morgan fingerprint density at radius 2 is 1.88 bits per heavy atom. The van der Waals surface area contributed by atoms with Crippen LogP contribution in [0.5, 0.6) is 0 Å². The van der Waals surface area contributed by atoms with Crippen molar-refractivity contribution < 1.29 is 14.3 Å². The summed E-state index contributed by atoms with van der Waals surface area (Å²) in [7, 11) is 1.73. The number of aliphatic hydroxyl groups is 1. The molecule has 178 valence electrons. The van der Waals surface area contributed by atoms with Crippen molar-refractivity contribution in [1.29, 1.82) is 0 Å². The third kappa shape index (κ3) is 5.81. The lowest BCUT2D eigenvalue weighted by atomic mass is 10.0. The number of aliphatic hydroxyl groups excluding tert-OH is 1. The molecule has 0 bridgehead atoms. The quantitative estimate of drug-likeness (QED) is 0.473. The minimum absolute atomic E-state index is 0.00487. The lowest BCUT2D eigenvalue weighted by Crippen LogP contribution is -2.35. The maximum Gasteiger partial charge on any atom is 0.253 e. The van der Waals surface area contributed by atoms with Crippen molar-refractivity contribution in [3.63, 3.8) is 0 Å². The zero-order valence-electron chi connectivity index (χ0n) is 19.3. The van der Waals surface area contributed by atoms with Gasteiger partial charge in [-0.1, -0.05) is 35.9 Å². The molecule has 1 aliphatic rings. The number of pyridine rings is 1. The summed E-state index contributed by atoms with van der Waals surface area (Å²) in [6.45, 7) is 2.02. The van der Waals surface area contributed by atoms with E-state index in [9.17, 15) is 14.3 Å². The zero-order chi connectivity index (χ0) is 24.2. The second kappa shape index (κ2) is 10.6. The molecule has 0 radical (unpaired) electrons. The molecule has 34 heavy (non-hydrogen) atoms. The second-order valence-corrected chi connectivity index (χ2v) is 9.49. The molecule has 1 amide bonds. The number of aryl methyl sites for hydroxylation is 1. The molecule has 2 aromatic carbocycles. The average molecular weight is 482 g/mol.